The minimum absolute atomic E-state index is 0.192. The third-order valence-electron chi connectivity index (χ3n) is 3.99. The van der Waals surface area contributed by atoms with Crippen LogP contribution in [0.3, 0.4) is 0 Å². The van der Waals surface area contributed by atoms with Gasteiger partial charge in [-0.1, -0.05) is 37.6 Å². The molecule has 0 radical (unpaired) electrons. The molecule has 1 aliphatic carbocycles. The van der Waals surface area contributed by atoms with Crippen LogP contribution in [0, 0.1) is 13.8 Å². The van der Waals surface area contributed by atoms with Crippen molar-refractivity contribution < 1.29 is 0 Å². The maximum atomic E-state index is 3.59. The molecule has 0 aliphatic heterocycles. The van der Waals surface area contributed by atoms with E-state index in [1.165, 1.54) is 29.5 Å². The van der Waals surface area contributed by atoms with Gasteiger partial charge >= 0.3 is 0 Å². The van der Waals surface area contributed by atoms with Crippen molar-refractivity contribution in [1.82, 2.24) is 10.6 Å². The minimum Gasteiger partial charge on any atom is -0.315 e. The third-order valence-corrected chi connectivity index (χ3v) is 3.99. The quantitative estimate of drug-likeness (QED) is 0.737. The molecule has 1 saturated carbocycles. The summed E-state index contributed by atoms with van der Waals surface area (Å²) in [6, 6.07) is 7.60. The average Bonchev–Trinajstić information content (AvgIpc) is 3.11. The van der Waals surface area contributed by atoms with Gasteiger partial charge in [0, 0.05) is 31.1 Å². The Labute approximate surface area is 118 Å². The van der Waals surface area contributed by atoms with Crippen LogP contribution >= 0.6 is 0 Å². The van der Waals surface area contributed by atoms with E-state index in [1.807, 2.05) is 0 Å². The molecule has 0 spiro atoms. The average molecular weight is 260 g/mol. The topological polar surface area (TPSA) is 24.1 Å². The molecule has 0 atom stereocenters. The number of hydrogen-bond acceptors (Lipinski definition) is 2. The van der Waals surface area contributed by atoms with Crippen LogP contribution in [-0.2, 0) is 5.41 Å². The fraction of sp³-hybridized carbons (Fsp3) is 0.647. The Morgan fingerprint density at radius 2 is 1.89 bits per heavy atom. The molecule has 0 unspecified atom stereocenters. The second-order valence-corrected chi connectivity index (χ2v) is 6.61. The van der Waals surface area contributed by atoms with Crippen molar-refractivity contribution in [1.29, 1.82) is 0 Å². The summed E-state index contributed by atoms with van der Waals surface area (Å²) in [6.45, 7) is 12.2. The van der Waals surface area contributed by atoms with Crippen LogP contribution in [0.4, 0.5) is 0 Å². The number of benzene rings is 1. The SMILES string of the molecule is Cc1ccc(C(C)(C)CNCCNC2CC2)c(C)c1. The first kappa shape index (κ1) is 14.5. The Morgan fingerprint density at radius 3 is 2.53 bits per heavy atom. The van der Waals surface area contributed by atoms with Gasteiger partial charge in [0.25, 0.3) is 0 Å². The van der Waals surface area contributed by atoms with Crippen LogP contribution < -0.4 is 10.6 Å². The van der Waals surface area contributed by atoms with E-state index < -0.39 is 0 Å². The summed E-state index contributed by atoms with van der Waals surface area (Å²) in [5.74, 6) is 0. The predicted molar refractivity (Wildman–Crippen MR) is 82.8 cm³/mol. The van der Waals surface area contributed by atoms with E-state index in [-0.39, 0.29) is 5.41 Å². The first-order valence-corrected chi connectivity index (χ1v) is 7.51. The summed E-state index contributed by atoms with van der Waals surface area (Å²) in [6.07, 6.45) is 2.74. The second kappa shape index (κ2) is 6.06. The zero-order chi connectivity index (χ0) is 13.9. The van der Waals surface area contributed by atoms with Gasteiger partial charge in [0.2, 0.25) is 0 Å². The lowest BCUT2D eigenvalue weighted by Gasteiger charge is -2.28. The molecular weight excluding hydrogens is 232 g/mol. The number of aryl methyl sites for hydroxylation is 2. The van der Waals surface area contributed by atoms with Crippen LogP contribution in [-0.4, -0.2) is 25.7 Å². The van der Waals surface area contributed by atoms with Gasteiger partial charge in [0.15, 0.2) is 0 Å². The molecule has 1 aliphatic rings. The molecule has 0 aromatic heterocycles. The lowest BCUT2D eigenvalue weighted by Crippen LogP contribution is -2.37. The van der Waals surface area contributed by atoms with Gasteiger partial charge in [0.1, 0.15) is 0 Å². The summed E-state index contributed by atoms with van der Waals surface area (Å²) in [4.78, 5) is 0. The second-order valence-electron chi connectivity index (χ2n) is 6.61. The molecule has 0 saturated heterocycles. The van der Waals surface area contributed by atoms with Crippen LogP contribution in [0.15, 0.2) is 18.2 Å². The molecular formula is C17H28N2. The monoisotopic (exact) mass is 260 g/mol. The van der Waals surface area contributed by atoms with Crippen molar-refractivity contribution in [3.05, 3.63) is 34.9 Å². The summed E-state index contributed by atoms with van der Waals surface area (Å²) < 4.78 is 0. The van der Waals surface area contributed by atoms with Crippen molar-refractivity contribution in [2.45, 2.75) is 52.0 Å². The zero-order valence-electron chi connectivity index (χ0n) is 12.8. The third kappa shape index (κ3) is 4.32. The van der Waals surface area contributed by atoms with Crippen molar-refractivity contribution >= 4 is 0 Å². The Balaban J connectivity index is 1.82. The van der Waals surface area contributed by atoms with Crippen LogP contribution in [0.1, 0.15) is 43.4 Å². The molecule has 106 valence electrons. The highest BCUT2D eigenvalue weighted by molar-refractivity contribution is 5.35. The molecule has 2 rings (SSSR count). The van der Waals surface area contributed by atoms with E-state index in [0.717, 1.165) is 25.7 Å². The summed E-state index contributed by atoms with van der Waals surface area (Å²) in [5.41, 5.74) is 4.40. The fourth-order valence-electron chi connectivity index (χ4n) is 2.72. The Kier molecular flexibility index (Phi) is 4.64. The van der Waals surface area contributed by atoms with Gasteiger partial charge in [-0.15, -0.1) is 0 Å². The van der Waals surface area contributed by atoms with E-state index in [4.69, 9.17) is 0 Å². The Bertz CT molecular complexity index is 419. The molecule has 19 heavy (non-hydrogen) atoms. The van der Waals surface area contributed by atoms with Gasteiger partial charge in [-0.2, -0.15) is 0 Å². The van der Waals surface area contributed by atoms with Gasteiger partial charge < -0.3 is 10.6 Å². The van der Waals surface area contributed by atoms with Crippen molar-refractivity contribution in [2.75, 3.05) is 19.6 Å². The highest BCUT2D eigenvalue weighted by atomic mass is 15.0. The van der Waals surface area contributed by atoms with Crippen molar-refractivity contribution in [2.24, 2.45) is 0 Å². The fourth-order valence-corrected chi connectivity index (χ4v) is 2.72. The van der Waals surface area contributed by atoms with Gasteiger partial charge in [0.05, 0.1) is 0 Å². The van der Waals surface area contributed by atoms with E-state index in [9.17, 15) is 0 Å². The minimum atomic E-state index is 0.192. The number of rotatable bonds is 7. The van der Waals surface area contributed by atoms with Gasteiger partial charge in [-0.05, 0) is 37.8 Å². The molecule has 0 bridgehead atoms. The van der Waals surface area contributed by atoms with E-state index in [2.05, 4.69) is 56.5 Å². The van der Waals surface area contributed by atoms with E-state index in [1.54, 1.807) is 0 Å². The molecule has 1 aromatic carbocycles. The lowest BCUT2D eigenvalue weighted by atomic mass is 9.81. The maximum Gasteiger partial charge on any atom is 0.00793 e. The standard InChI is InChI=1S/C17H28N2/c1-13-5-8-16(14(2)11-13)17(3,4)12-18-9-10-19-15-6-7-15/h5,8,11,15,18-19H,6-7,9-10,12H2,1-4H3. The lowest BCUT2D eigenvalue weighted by molar-refractivity contribution is 0.462. The summed E-state index contributed by atoms with van der Waals surface area (Å²) >= 11 is 0. The Hall–Kier alpha value is -0.860. The maximum absolute atomic E-state index is 3.59. The van der Waals surface area contributed by atoms with Crippen LogP contribution in [0.25, 0.3) is 0 Å². The van der Waals surface area contributed by atoms with Crippen molar-refractivity contribution in [3.8, 4) is 0 Å². The van der Waals surface area contributed by atoms with E-state index in [0.29, 0.717) is 0 Å². The highest BCUT2D eigenvalue weighted by Crippen LogP contribution is 2.26. The normalized spacial score (nSPS) is 15.8. The molecule has 2 nitrogen and oxygen atoms in total. The van der Waals surface area contributed by atoms with E-state index >= 15 is 0 Å². The smallest absolute Gasteiger partial charge is 0.00793 e. The van der Waals surface area contributed by atoms with Crippen LogP contribution in [0.2, 0.25) is 0 Å². The molecule has 0 heterocycles. The van der Waals surface area contributed by atoms with Crippen LogP contribution in [0.5, 0.6) is 0 Å². The highest BCUT2D eigenvalue weighted by Gasteiger charge is 2.22. The molecule has 0 amide bonds. The number of hydrogen-bond donors (Lipinski definition) is 2. The Morgan fingerprint density at radius 1 is 1.16 bits per heavy atom. The first-order valence-electron chi connectivity index (χ1n) is 7.51. The molecule has 2 heteroatoms. The molecule has 1 fully saturated rings. The van der Waals surface area contributed by atoms with Gasteiger partial charge in [-0.25, -0.2) is 0 Å². The zero-order valence-corrected chi connectivity index (χ0v) is 12.8. The van der Waals surface area contributed by atoms with Crippen molar-refractivity contribution in [3.63, 3.8) is 0 Å². The first-order chi connectivity index (χ1) is 8.99. The molecule has 2 N–H and O–H groups in total. The summed E-state index contributed by atoms with van der Waals surface area (Å²) in [7, 11) is 0. The predicted octanol–water partition coefficient (Wildman–Crippen LogP) is 2.92. The number of nitrogens with one attached hydrogen (secondary N) is 2. The largest absolute Gasteiger partial charge is 0.315 e. The van der Waals surface area contributed by atoms with Gasteiger partial charge in [-0.3, -0.25) is 0 Å². The molecule has 1 aromatic rings. The summed E-state index contributed by atoms with van der Waals surface area (Å²) in [5, 5.41) is 7.13.